The number of hydrogen-bond donors (Lipinski definition) is 2. The van der Waals surface area contributed by atoms with Crippen molar-refractivity contribution in [2.45, 2.75) is 40.2 Å². The Morgan fingerprint density at radius 2 is 1.82 bits per heavy atom. The first-order chi connectivity index (χ1) is 15.5. The van der Waals surface area contributed by atoms with Crippen LogP contribution in [0, 0.1) is 18.2 Å². The third kappa shape index (κ3) is 6.19. The third-order valence-electron chi connectivity index (χ3n) is 4.89. The fourth-order valence-electron chi connectivity index (χ4n) is 3.29. The fraction of sp³-hybridized carbons (Fsp3) is 0.320. The van der Waals surface area contributed by atoms with Crippen molar-refractivity contribution in [3.63, 3.8) is 0 Å². The normalized spacial score (nSPS) is 12.3. The van der Waals surface area contributed by atoms with E-state index in [9.17, 15) is 19.1 Å². The summed E-state index contributed by atoms with van der Waals surface area (Å²) in [4.78, 5) is 24.5. The highest BCUT2D eigenvalue weighted by molar-refractivity contribution is 5.93. The number of aliphatic carboxylic acids is 1. The van der Waals surface area contributed by atoms with E-state index in [0.717, 1.165) is 5.56 Å². The predicted molar refractivity (Wildman–Crippen MR) is 122 cm³/mol. The molecule has 0 saturated carbocycles. The molecule has 0 bridgehead atoms. The van der Waals surface area contributed by atoms with Crippen LogP contribution in [0.15, 0.2) is 54.6 Å². The van der Waals surface area contributed by atoms with Crippen molar-refractivity contribution in [3.8, 4) is 11.6 Å². The summed E-state index contributed by atoms with van der Waals surface area (Å²) in [5.41, 5.74) is 1.51. The lowest BCUT2D eigenvalue weighted by Gasteiger charge is -2.19. The first-order valence-electron chi connectivity index (χ1n) is 10.6. The van der Waals surface area contributed by atoms with Crippen LogP contribution in [0.2, 0.25) is 0 Å². The summed E-state index contributed by atoms with van der Waals surface area (Å²) >= 11 is 0. The highest BCUT2D eigenvalue weighted by Crippen LogP contribution is 2.26. The van der Waals surface area contributed by atoms with E-state index in [1.54, 1.807) is 24.3 Å². The number of benzene rings is 2. The molecule has 3 aromatic rings. The number of para-hydroxylation sites is 1. The van der Waals surface area contributed by atoms with Crippen LogP contribution in [0.1, 0.15) is 54.8 Å². The lowest BCUT2D eigenvalue weighted by Crippen LogP contribution is -2.31. The first-order valence-corrected chi connectivity index (χ1v) is 10.6. The second-order valence-corrected chi connectivity index (χ2v) is 9.06. The molecule has 0 radical (unpaired) electrons. The molecule has 0 fully saturated rings. The Hall–Kier alpha value is -3.68. The molecule has 0 unspecified atom stereocenters. The Labute approximate surface area is 192 Å². The van der Waals surface area contributed by atoms with Gasteiger partial charge in [-0.05, 0) is 35.6 Å². The number of halogens is 1. The summed E-state index contributed by atoms with van der Waals surface area (Å²) in [5.74, 6) is -1.93. The van der Waals surface area contributed by atoms with Gasteiger partial charge in [-0.2, -0.15) is 9.78 Å². The number of amides is 1. The summed E-state index contributed by atoms with van der Waals surface area (Å²) < 4.78 is 21.6. The summed E-state index contributed by atoms with van der Waals surface area (Å²) in [6.45, 7) is 8.14. The molecule has 2 N–H and O–H groups in total. The van der Waals surface area contributed by atoms with Gasteiger partial charge in [-0.25, -0.2) is 4.39 Å². The van der Waals surface area contributed by atoms with Crippen LogP contribution in [0.25, 0.3) is 5.69 Å². The molecule has 1 atom stereocenters. The van der Waals surface area contributed by atoms with Crippen LogP contribution in [0.4, 0.5) is 4.39 Å². The molecule has 0 aliphatic heterocycles. The average molecular weight is 454 g/mol. The molecule has 7 nitrogen and oxygen atoms in total. The van der Waals surface area contributed by atoms with Gasteiger partial charge in [0.15, 0.2) is 5.69 Å². The summed E-state index contributed by atoms with van der Waals surface area (Å²) in [7, 11) is 0. The largest absolute Gasteiger partial charge is 0.481 e. The smallest absolute Gasteiger partial charge is 0.305 e. The van der Waals surface area contributed by atoms with Crippen LogP contribution in [-0.2, 0) is 4.79 Å². The number of nitrogens with zero attached hydrogens (tertiary/aromatic N) is 2. The van der Waals surface area contributed by atoms with Crippen molar-refractivity contribution in [1.29, 1.82) is 0 Å². The summed E-state index contributed by atoms with van der Waals surface area (Å²) in [6.07, 6.45) is -0.294. The number of carboxylic acid groups (broad SMARTS) is 1. The van der Waals surface area contributed by atoms with Gasteiger partial charge in [0.25, 0.3) is 5.91 Å². The Kier molecular flexibility index (Phi) is 7.16. The molecule has 1 heterocycles. The van der Waals surface area contributed by atoms with Crippen molar-refractivity contribution in [2.24, 2.45) is 5.41 Å². The zero-order chi connectivity index (χ0) is 24.2. The Morgan fingerprint density at radius 3 is 2.45 bits per heavy atom. The highest BCUT2D eigenvalue weighted by atomic mass is 19.1. The van der Waals surface area contributed by atoms with Crippen molar-refractivity contribution in [3.05, 3.63) is 77.2 Å². The van der Waals surface area contributed by atoms with Crippen molar-refractivity contribution < 1.29 is 23.8 Å². The monoisotopic (exact) mass is 453 g/mol. The minimum Gasteiger partial charge on any atom is -0.481 e. The van der Waals surface area contributed by atoms with Crippen LogP contribution in [0.3, 0.4) is 0 Å². The second kappa shape index (κ2) is 9.85. The van der Waals surface area contributed by atoms with Gasteiger partial charge in [0, 0.05) is 6.07 Å². The van der Waals surface area contributed by atoms with E-state index in [-0.39, 0.29) is 29.1 Å². The fourth-order valence-corrected chi connectivity index (χ4v) is 3.29. The number of ether oxygens (including phenoxy) is 1. The van der Waals surface area contributed by atoms with E-state index < -0.39 is 23.7 Å². The number of aromatic nitrogens is 2. The van der Waals surface area contributed by atoms with Crippen LogP contribution >= 0.6 is 0 Å². The molecule has 0 aliphatic carbocycles. The number of carbonyl (C=O) groups excluding carboxylic acids is 1. The van der Waals surface area contributed by atoms with Crippen molar-refractivity contribution in [1.82, 2.24) is 15.1 Å². The zero-order valence-corrected chi connectivity index (χ0v) is 19.1. The van der Waals surface area contributed by atoms with E-state index in [1.807, 2.05) is 39.8 Å². The van der Waals surface area contributed by atoms with Gasteiger partial charge < -0.3 is 15.2 Å². The first kappa shape index (κ1) is 24.0. The molecule has 2 aromatic carbocycles. The zero-order valence-electron chi connectivity index (χ0n) is 19.1. The third-order valence-corrected chi connectivity index (χ3v) is 4.89. The lowest BCUT2D eigenvalue weighted by atomic mass is 9.98. The van der Waals surface area contributed by atoms with Crippen molar-refractivity contribution >= 4 is 11.9 Å². The quantitative estimate of drug-likeness (QED) is 0.516. The molecule has 1 amide bonds. The predicted octanol–water partition coefficient (Wildman–Crippen LogP) is 4.69. The Morgan fingerprint density at radius 1 is 1.15 bits per heavy atom. The van der Waals surface area contributed by atoms with E-state index in [1.165, 1.54) is 22.9 Å². The molecule has 0 spiro atoms. The van der Waals surface area contributed by atoms with Gasteiger partial charge in [-0.3, -0.25) is 9.59 Å². The molecule has 0 aliphatic rings. The van der Waals surface area contributed by atoms with Gasteiger partial charge in [-0.15, -0.1) is 0 Å². The van der Waals surface area contributed by atoms with Gasteiger partial charge in [0.1, 0.15) is 11.5 Å². The van der Waals surface area contributed by atoms with Crippen LogP contribution in [0.5, 0.6) is 5.88 Å². The maximum absolute atomic E-state index is 14.5. The minimum absolute atomic E-state index is 0.00821. The maximum Gasteiger partial charge on any atom is 0.305 e. The topological polar surface area (TPSA) is 93.5 Å². The molecule has 3 rings (SSSR count). The SMILES string of the molecule is Cc1ccccc1[C@H](CC(=O)O)NC(=O)c1cc(OCC(C)(C)C)n(-c2ccccc2F)n1. The summed E-state index contributed by atoms with van der Waals surface area (Å²) in [6, 6.07) is 14.0. The molecule has 1 aromatic heterocycles. The molecular formula is C25H28FN3O4. The standard InChI is InChI=1S/C25H28FN3O4/c1-16-9-5-6-10-17(16)19(14-23(30)31)27-24(32)20-13-22(33-15-25(2,3)4)29(28-20)21-12-8-7-11-18(21)26/h5-13,19H,14-15H2,1-4H3,(H,27,32)(H,30,31)/t19-/m0/s1. The number of carboxylic acids is 1. The molecule has 8 heteroatoms. The van der Waals surface area contributed by atoms with Gasteiger partial charge in [0.05, 0.1) is 19.1 Å². The number of carbonyl (C=O) groups is 2. The Bertz CT molecular complexity index is 1150. The number of nitrogens with one attached hydrogen (secondary N) is 1. The van der Waals surface area contributed by atoms with Gasteiger partial charge in [-0.1, -0.05) is 57.2 Å². The minimum atomic E-state index is -1.05. The maximum atomic E-state index is 14.5. The average Bonchev–Trinajstić information content (AvgIpc) is 3.16. The van der Waals surface area contributed by atoms with E-state index in [4.69, 9.17) is 4.74 Å². The Balaban J connectivity index is 1.95. The highest BCUT2D eigenvalue weighted by Gasteiger charge is 2.24. The summed E-state index contributed by atoms with van der Waals surface area (Å²) in [5, 5.41) is 16.4. The molecule has 33 heavy (non-hydrogen) atoms. The van der Waals surface area contributed by atoms with Gasteiger partial charge in [0.2, 0.25) is 5.88 Å². The van der Waals surface area contributed by atoms with Crippen LogP contribution < -0.4 is 10.1 Å². The number of aryl methyl sites for hydroxylation is 1. The van der Waals surface area contributed by atoms with E-state index in [0.29, 0.717) is 12.2 Å². The van der Waals surface area contributed by atoms with Gasteiger partial charge >= 0.3 is 5.97 Å². The number of hydrogen-bond acceptors (Lipinski definition) is 4. The van der Waals surface area contributed by atoms with E-state index in [2.05, 4.69) is 10.4 Å². The van der Waals surface area contributed by atoms with E-state index >= 15 is 0 Å². The van der Waals surface area contributed by atoms with Crippen LogP contribution in [-0.4, -0.2) is 33.4 Å². The molecule has 174 valence electrons. The number of rotatable bonds is 8. The second-order valence-electron chi connectivity index (χ2n) is 9.06. The lowest BCUT2D eigenvalue weighted by molar-refractivity contribution is -0.137. The molecular weight excluding hydrogens is 425 g/mol. The molecule has 0 saturated heterocycles. The van der Waals surface area contributed by atoms with Crippen molar-refractivity contribution in [2.75, 3.05) is 6.61 Å².